The van der Waals surface area contributed by atoms with Gasteiger partial charge in [-0.05, 0) is 72.8 Å². The van der Waals surface area contributed by atoms with Crippen molar-refractivity contribution in [3.63, 3.8) is 0 Å². The molecule has 1 aromatic heterocycles. The third-order valence-electron chi connectivity index (χ3n) is 5.98. The Balaban J connectivity index is 1.30. The SMILES string of the molecule is CN1CCN(S(=O)(=O)c2cccc(C(=O)Nc3ccc(-c4nnnn4C4CC4)cc3)c2)CC1. The summed E-state index contributed by atoms with van der Waals surface area (Å²) < 4.78 is 29.3. The van der Waals surface area contributed by atoms with Crippen molar-refractivity contribution < 1.29 is 13.2 Å². The van der Waals surface area contributed by atoms with E-state index < -0.39 is 10.0 Å². The number of benzene rings is 2. The van der Waals surface area contributed by atoms with Crippen LogP contribution in [0.15, 0.2) is 53.4 Å². The van der Waals surface area contributed by atoms with Gasteiger partial charge in [-0.2, -0.15) is 4.31 Å². The fraction of sp³-hybridized carbons (Fsp3) is 0.364. The third-order valence-corrected chi connectivity index (χ3v) is 7.88. The monoisotopic (exact) mass is 467 g/mol. The number of tetrazole rings is 1. The van der Waals surface area contributed by atoms with E-state index in [1.54, 1.807) is 24.3 Å². The number of anilines is 1. The van der Waals surface area contributed by atoms with Crippen LogP contribution in [-0.4, -0.2) is 77.0 Å². The summed E-state index contributed by atoms with van der Waals surface area (Å²) in [6, 6.07) is 13.8. The number of rotatable bonds is 6. The molecule has 172 valence electrons. The van der Waals surface area contributed by atoms with E-state index in [0.717, 1.165) is 18.4 Å². The molecule has 1 N–H and O–H groups in total. The van der Waals surface area contributed by atoms with Crippen LogP contribution in [-0.2, 0) is 10.0 Å². The Labute approximate surface area is 192 Å². The van der Waals surface area contributed by atoms with Crippen molar-refractivity contribution >= 4 is 21.6 Å². The highest BCUT2D eigenvalue weighted by Gasteiger charge is 2.29. The van der Waals surface area contributed by atoms with Crippen LogP contribution in [0.25, 0.3) is 11.4 Å². The van der Waals surface area contributed by atoms with Crippen molar-refractivity contribution in [3.05, 3.63) is 54.1 Å². The average molecular weight is 468 g/mol. The number of nitrogens with zero attached hydrogens (tertiary/aromatic N) is 6. The number of carbonyl (C=O) groups is 1. The van der Waals surface area contributed by atoms with E-state index in [2.05, 4.69) is 25.7 Å². The molecule has 1 aliphatic heterocycles. The molecule has 0 atom stereocenters. The molecule has 0 radical (unpaired) electrons. The standard InChI is InChI=1S/C22H25N7O3S/c1-27-11-13-28(14-12-27)33(31,32)20-4-2-3-17(15-20)22(30)23-18-7-5-16(6-8-18)21-24-25-26-29(21)19-9-10-19/h2-8,15,19H,9-14H2,1H3,(H,23,30). The van der Waals surface area contributed by atoms with Crippen LogP contribution >= 0.6 is 0 Å². The molecule has 33 heavy (non-hydrogen) atoms. The van der Waals surface area contributed by atoms with Gasteiger partial charge in [0.2, 0.25) is 10.0 Å². The van der Waals surface area contributed by atoms with Gasteiger partial charge in [0.05, 0.1) is 10.9 Å². The predicted molar refractivity (Wildman–Crippen MR) is 122 cm³/mol. The summed E-state index contributed by atoms with van der Waals surface area (Å²) in [5, 5.41) is 14.8. The van der Waals surface area contributed by atoms with Crippen molar-refractivity contribution in [3.8, 4) is 11.4 Å². The number of hydrogen-bond donors (Lipinski definition) is 1. The van der Waals surface area contributed by atoms with Crippen molar-refractivity contribution in [1.82, 2.24) is 29.4 Å². The van der Waals surface area contributed by atoms with E-state index >= 15 is 0 Å². The van der Waals surface area contributed by atoms with E-state index in [4.69, 9.17) is 0 Å². The Morgan fingerprint density at radius 2 is 1.76 bits per heavy atom. The van der Waals surface area contributed by atoms with Gasteiger partial charge in [0.1, 0.15) is 0 Å². The van der Waals surface area contributed by atoms with Gasteiger partial charge in [-0.25, -0.2) is 13.1 Å². The number of hydrogen-bond acceptors (Lipinski definition) is 7. The zero-order valence-electron chi connectivity index (χ0n) is 18.3. The van der Waals surface area contributed by atoms with Gasteiger partial charge in [0.25, 0.3) is 5.91 Å². The van der Waals surface area contributed by atoms with Crippen LogP contribution in [0.3, 0.4) is 0 Å². The average Bonchev–Trinajstić information content (AvgIpc) is 3.56. The summed E-state index contributed by atoms with van der Waals surface area (Å²) in [6.07, 6.45) is 2.16. The fourth-order valence-electron chi connectivity index (χ4n) is 3.83. The summed E-state index contributed by atoms with van der Waals surface area (Å²) in [4.78, 5) is 15.0. The number of carbonyl (C=O) groups excluding carboxylic acids is 1. The Hall–Kier alpha value is -3.15. The lowest BCUT2D eigenvalue weighted by atomic mass is 10.1. The van der Waals surface area contributed by atoms with Crippen LogP contribution in [0.1, 0.15) is 29.2 Å². The van der Waals surface area contributed by atoms with Crippen LogP contribution < -0.4 is 5.32 Å². The quantitative estimate of drug-likeness (QED) is 0.589. The highest BCUT2D eigenvalue weighted by Crippen LogP contribution is 2.36. The first-order valence-electron chi connectivity index (χ1n) is 10.9. The largest absolute Gasteiger partial charge is 0.322 e. The zero-order valence-corrected chi connectivity index (χ0v) is 19.1. The lowest BCUT2D eigenvalue weighted by Gasteiger charge is -2.31. The highest BCUT2D eigenvalue weighted by molar-refractivity contribution is 7.89. The normalized spacial score (nSPS) is 17.7. The summed E-state index contributed by atoms with van der Waals surface area (Å²) in [6.45, 7) is 2.24. The van der Waals surface area contributed by atoms with Gasteiger partial charge in [0, 0.05) is 43.0 Å². The van der Waals surface area contributed by atoms with E-state index in [9.17, 15) is 13.2 Å². The number of amides is 1. The molecular formula is C22H25N7O3S. The number of likely N-dealkylation sites (N-methyl/N-ethyl adjacent to an activating group) is 1. The Morgan fingerprint density at radius 3 is 2.45 bits per heavy atom. The predicted octanol–water partition coefficient (Wildman–Crippen LogP) is 1.86. The first kappa shape index (κ1) is 21.7. The molecule has 0 spiro atoms. The fourth-order valence-corrected chi connectivity index (χ4v) is 5.30. The minimum atomic E-state index is -3.65. The third kappa shape index (κ3) is 4.52. The molecule has 2 aliphatic rings. The maximum absolute atomic E-state index is 13.0. The molecule has 1 saturated carbocycles. The number of piperazine rings is 1. The first-order valence-corrected chi connectivity index (χ1v) is 12.3. The Kier molecular flexibility index (Phi) is 5.69. The summed E-state index contributed by atoms with van der Waals surface area (Å²) in [7, 11) is -1.68. The lowest BCUT2D eigenvalue weighted by molar-refractivity contribution is 0.102. The second-order valence-corrected chi connectivity index (χ2v) is 10.4. The number of sulfonamides is 1. The summed E-state index contributed by atoms with van der Waals surface area (Å²) >= 11 is 0. The van der Waals surface area contributed by atoms with E-state index in [1.807, 2.05) is 23.9 Å². The van der Waals surface area contributed by atoms with Crippen LogP contribution in [0.2, 0.25) is 0 Å². The minimum absolute atomic E-state index is 0.127. The zero-order chi connectivity index (χ0) is 23.0. The highest BCUT2D eigenvalue weighted by atomic mass is 32.2. The molecule has 11 heteroatoms. The summed E-state index contributed by atoms with van der Waals surface area (Å²) in [5.41, 5.74) is 1.75. The molecule has 1 aliphatic carbocycles. The molecule has 2 heterocycles. The molecule has 1 saturated heterocycles. The molecule has 3 aromatic rings. The van der Waals surface area contributed by atoms with Crippen molar-refractivity contribution in [1.29, 1.82) is 0 Å². The Bertz CT molecular complexity index is 1260. The maximum Gasteiger partial charge on any atom is 0.255 e. The van der Waals surface area contributed by atoms with Crippen molar-refractivity contribution in [2.75, 3.05) is 38.5 Å². The van der Waals surface area contributed by atoms with Crippen LogP contribution in [0.4, 0.5) is 5.69 Å². The van der Waals surface area contributed by atoms with Crippen LogP contribution in [0.5, 0.6) is 0 Å². The van der Waals surface area contributed by atoms with Gasteiger partial charge in [0.15, 0.2) is 5.82 Å². The molecule has 1 amide bonds. The van der Waals surface area contributed by atoms with Crippen molar-refractivity contribution in [2.24, 2.45) is 0 Å². The Morgan fingerprint density at radius 1 is 1.03 bits per heavy atom. The number of nitrogens with one attached hydrogen (secondary N) is 1. The van der Waals surface area contributed by atoms with Crippen molar-refractivity contribution in [2.45, 2.75) is 23.8 Å². The van der Waals surface area contributed by atoms with E-state index in [1.165, 1.54) is 16.4 Å². The van der Waals surface area contributed by atoms with Gasteiger partial charge in [-0.3, -0.25) is 4.79 Å². The van der Waals surface area contributed by atoms with Gasteiger partial charge in [-0.1, -0.05) is 6.07 Å². The summed E-state index contributed by atoms with van der Waals surface area (Å²) in [5.74, 6) is 0.332. The van der Waals surface area contributed by atoms with Gasteiger partial charge in [-0.15, -0.1) is 5.10 Å². The van der Waals surface area contributed by atoms with E-state index in [-0.39, 0.29) is 16.4 Å². The lowest BCUT2D eigenvalue weighted by Crippen LogP contribution is -2.47. The molecule has 2 fully saturated rings. The second kappa shape index (κ2) is 8.65. The molecule has 10 nitrogen and oxygen atoms in total. The second-order valence-electron chi connectivity index (χ2n) is 8.44. The molecule has 0 unspecified atom stereocenters. The minimum Gasteiger partial charge on any atom is -0.322 e. The topological polar surface area (TPSA) is 113 Å². The molecule has 5 rings (SSSR count). The molecule has 2 aromatic carbocycles. The molecular weight excluding hydrogens is 442 g/mol. The molecule has 0 bridgehead atoms. The van der Waals surface area contributed by atoms with Gasteiger partial charge >= 0.3 is 0 Å². The van der Waals surface area contributed by atoms with E-state index in [0.29, 0.717) is 43.7 Å². The maximum atomic E-state index is 13.0. The van der Waals surface area contributed by atoms with Crippen LogP contribution in [0, 0.1) is 0 Å². The van der Waals surface area contributed by atoms with Gasteiger partial charge < -0.3 is 10.2 Å². The smallest absolute Gasteiger partial charge is 0.255 e. The number of aromatic nitrogens is 4. The first-order chi connectivity index (χ1) is 15.9.